The molecule has 6 heteroatoms. The van der Waals surface area contributed by atoms with Crippen molar-refractivity contribution in [2.24, 2.45) is 0 Å². The summed E-state index contributed by atoms with van der Waals surface area (Å²) >= 11 is 0. The average Bonchev–Trinajstić information content (AvgIpc) is 2.49. The van der Waals surface area contributed by atoms with E-state index < -0.39 is 0 Å². The van der Waals surface area contributed by atoms with Crippen LogP contribution in [0.4, 0.5) is 0 Å². The highest BCUT2D eigenvalue weighted by Crippen LogP contribution is 2.27. The molecule has 0 amide bonds. The third-order valence-corrected chi connectivity index (χ3v) is 2.75. The lowest BCUT2D eigenvalue weighted by Crippen LogP contribution is -2.20. The maximum atomic E-state index is 5.28. The summed E-state index contributed by atoms with van der Waals surface area (Å²) in [5.41, 5.74) is 1.74. The van der Waals surface area contributed by atoms with Gasteiger partial charge in [-0.05, 0) is 24.7 Å². The zero-order chi connectivity index (χ0) is 13.7. The second kappa shape index (κ2) is 6.10. The molecule has 1 atom stereocenters. The topological polar surface area (TPSA) is 69.2 Å². The van der Waals surface area contributed by atoms with Gasteiger partial charge in [0, 0.05) is 12.4 Å². The first-order chi connectivity index (χ1) is 9.30. The molecule has 2 aromatic rings. The number of hydrogen-bond acceptors (Lipinski definition) is 6. The van der Waals surface area contributed by atoms with Gasteiger partial charge in [-0.3, -0.25) is 4.98 Å². The summed E-state index contributed by atoms with van der Waals surface area (Å²) in [5, 5.41) is 3.20. The molecule has 2 heterocycles. The minimum absolute atomic E-state index is 0.114. The fourth-order valence-electron chi connectivity index (χ4n) is 1.83. The third kappa shape index (κ3) is 2.79. The number of pyridine rings is 1. The minimum Gasteiger partial charge on any atom is -0.480 e. The van der Waals surface area contributed by atoms with E-state index in [9.17, 15) is 0 Å². The van der Waals surface area contributed by atoms with Crippen LogP contribution in [-0.4, -0.2) is 36.2 Å². The zero-order valence-corrected chi connectivity index (χ0v) is 11.1. The van der Waals surface area contributed by atoms with Crippen LogP contribution in [0.5, 0.6) is 11.8 Å². The monoisotopic (exact) mass is 260 g/mol. The van der Waals surface area contributed by atoms with Gasteiger partial charge in [-0.2, -0.15) is 4.98 Å². The summed E-state index contributed by atoms with van der Waals surface area (Å²) in [7, 11) is 4.96. The van der Waals surface area contributed by atoms with Gasteiger partial charge in [0.2, 0.25) is 11.8 Å². The van der Waals surface area contributed by atoms with E-state index in [2.05, 4.69) is 20.3 Å². The van der Waals surface area contributed by atoms with E-state index in [4.69, 9.17) is 9.47 Å². The zero-order valence-electron chi connectivity index (χ0n) is 11.1. The Bertz CT molecular complexity index is 533. The molecule has 0 aromatic carbocycles. The fourth-order valence-corrected chi connectivity index (χ4v) is 1.83. The van der Waals surface area contributed by atoms with Crippen LogP contribution in [0.3, 0.4) is 0 Å². The fraction of sp³-hybridized carbons (Fsp3) is 0.308. The molecule has 0 aliphatic carbocycles. The highest BCUT2D eigenvalue weighted by atomic mass is 16.5. The molecular weight excluding hydrogens is 244 g/mol. The maximum Gasteiger partial charge on any atom is 0.240 e. The molecule has 0 saturated heterocycles. The Hall–Kier alpha value is -2.21. The predicted octanol–water partition coefficient (Wildman–Crippen LogP) is 1.20. The summed E-state index contributed by atoms with van der Waals surface area (Å²) in [6.45, 7) is 0. The van der Waals surface area contributed by atoms with Crippen LogP contribution in [0.1, 0.15) is 17.3 Å². The quantitative estimate of drug-likeness (QED) is 0.871. The largest absolute Gasteiger partial charge is 0.480 e. The van der Waals surface area contributed by atoms with Crippen molar-refractivity contribution in [2.75, 3.05) is 21.3 Å². The Morgan fingerprint density at radius 1 is 1.16 bits per heavy atom. The standard InChI is InChI=1S/C13H16N4O2/c1-14-11(9-4-6-15-7-5-9)12-13(19-3)17-10(18-2)8-16-12/h4-8,11,14H,1-3H3. The lowest BCUT2D eigenvalue weighted by atomic mass is 10.1. The summed E-state index contributed by atoms with van der Waals surface area (Å²) in [4.78, 5) is 12.6. The van der Waals surface area contributed by atoms with Gasteiger partial charge in [0.05, 0.1) is 26.5 Å². The summed E-state index contributed by atoms with van der Waals surface area (Å²) in [6, 6.07) is 3.73. The van der Waals surface area contributed by atoms with E-state index >= 15 is 0 Å². The maximum absolute atomic E-state index is 5.28. The van der Waals surface area contributed by atoms with Crippen LogP contribution in [0.15, 0.2) is 30.7 Å². The molecule has 1 N–H and O–H groups in total. The summed E-state index contributed by atoms with van der Waals surface area (Å²) < 4.78 is 10.3. The normalized spacial score (nSPS) is 11.9. The van der Waals surface area contributed by atoms with E-state index in [1.165, 1.54) is 0 Å². The molecule has 0 fully saturated rings. The molecule has 0 aliphatic rings. The molecule has 2 aromatic heterocycles. The molecule has 2 rings (SSSR count). The van der Waals surface area contributed by atoms with Crippen molar-refractivity contribution in [3.05, 3.63) is 42.0 Å². The van der Waals surface area contributed by atoms with Crippen molar-refractivity contribution in [2.45, 2.75) is 6.04 Å². The van der Waals surface area contributed by atoms with Crippen LogP contribution in [0.2, 0.25) is 0 Å². The number of ether oxygens (including phenoxy) is 2. The smallest absolute Gasteiger partial charge is 0.240 e. The molecular formula is C13H16N4O2. The van der Waals surface area contributed by atoms with Gasteiger partial charge in [-0.15, -0.1) is 0 Å². The second-order valence-electron chi connectivity index (χ2n) is 3.81. The number of aromatic nitrogens is 3. The Labute approximate surface area is 111 Å². The number of rotatable bonds is 5. The molecule has 0 aliphatic heterocycles. The van der Waals surface area contributed by atoms with Gasteiger partial charge < -0.3 is 14.8 Å². The molecule has 19 heavy (non-hydrogen) atoms. The molecule has 100 valence electrons. The van der Waals surface area contributed by atoms with Crippen molar-refractivity contribution < 1.29 is 9.47 Å². The van der Waals surface area contributed by atoms with Crippen LogP contribution in [-0.2, 0) is 0 Å². The highest BCUT2D eigenvalue weighted by molar-refractivity contribution is 5.33. The van der Waals surface area contributed by atoms with Gasteiger partial charge >= 0.3 is 0 Å². The lowest BCUT2D eigenvalue weighted by molar-refractivity contribution is 0.353. The molecule has 1 unspecified atom stereocenters. The van der Waals surface area contributed by atoms with Crippen LogP contribution < -0.4 is 14.8 Å². The van der Waals surface area contributed by atoms with Gasteiger partial charge in [0.15, 0.2) is 0 Å². The van der Waals surface area contributed by atoms with Gasteiger partial charge in [-0.25, -0.2) is 4.98 Å². The van der Waals surface area contributed by atoms with Crippen molar-refractivity contribution in [3.8, 4) is 11.8 Å². The Morgan fingerprint density at radius 3 is 2.47 bits per heavy atom. The van der Waals surface area contributed by atoms with Gasteiger partial charge in [0.25, 0.3) is 0 Å². The van der Waals surface area contributed by atoms with E-state index in [1.54, 1.807) is 32.8 Å². The first-order valence-electron chi connectivity index (χ1n) is 5.82. The van der Waals surface area contributed by atoms with E-state index in [1.807, 2.05) is 19.2 Å². The SMILES string of the molecule is CNC(c1ccncc1)c1ncc(OC)nc1OC. The first-order valence-corrected chi connectivity index (χ1v) is 5.82. The molecule has 6 nitrogen and oxygen atoms in total. The summed E-state index contributed by atoms with van der Waals surface area (Å²) in [6.07, 6.45) is 5.05. The van der Waals surface area contributed by atoms with E-state index in [-0.39, 0.29) is 6.04 Å². The van der Waals surface area contributed by atoms with Gasteiger partial charge in [-0.1, -0.05) is 0 Å². The van der Waals surface area contributed by atoms with Crippen molar-refractivity contribution >= 4 is 0 Å². The van der Waals surface area contributed by atoms with Crippen molar-refractivity contribution in [1.82, 2.24) is 20.3 Å². The van der Waals surface area contributed by atoms with Crippen molar-refractivity contribution in [1.29, 1.82) is 0 Å². The van der Waals surface area contributed by atoms with E-state index in [0.717, 1.165) is 5.56 Å². The summed E-state index contributed by atoms with van der Waals surface area (Å²) in [5.74, 6) is 0.862. The minimum atomic E-state index is -0.114. The molecule has 0 spiro atoms. The Balaban J connectivity index is 2.43. The first kappa shape index (κ1) is 13.2. The van der Waals surface area contributed by atoms with Gasteiger partial charge in [0.1, 0.15) is 5.69 Å². The number of nitrogens with zero attached hydrogens (tertiary/aromatic N) is 3. The number of nitrogens with one attached hydrogen (secondary N) is 1. The van der Waals surface area contributed by atoms with Crippen LogP contribution >= 0.6 is 0 Å². The number of hydrogen-bond donors (Lipinski definition) is 1. The molecule has 0 bridgehead atoms. The third-order valence-electron chi connectivity index (χ3n) is 2.75. The number of methoxy groups -OCH3 is 2. The van der Waals surface area contributed by atoms with Crippen molar-refractivity contribution in [3.63, 3.8) is 0 Å². The lowest BCUT2D eigenvalue weighted by Gasteiger charge is -2.18. The second-order valence-corrected chi connectivity index (χ2v) is 3.81. The van der Waals surface area contributed by atoms with Crippen LogP contribution in [0.25, 0.3) is 0 Å². The highest BCUT2D eigenvalue weighted by Gasteiger charge is 2.20. The Kier molecular flexibility index (Phi) is 4.25. The molecule has 0 radical (unpaired) electrons. The predicted molar refractivity (Wildman–Crippen MR) is 70.3 cm³/mol. The van der Waals surface area contributed by atoms with E-state index in [0.29, 0.717) is 17.5 Å². The Morgan fingerprint density at radius 2 is 1.89 bits per heavy atom. The molecule has 0 saturated carbocycles. The average molecular weight is 260 g/mol. The van der Waals surface area contributed by atoms with Crippen LogP contribution in [0, 0.1) is 0 Å².